The molecule has 1 unspecified atom stereocenters. The number of carboxylic acid groups (broad SMARTS) is 1. The number of hydrogen-bond donors (Lipinski definition) is 1. The molecule has 0 aliphatic carbocycles. The summed E-state index contributed by atoms with van der Waals surface area (Å²) < 4.78 is 0. The van der Waals surface area contributed by atoms with Crippen LogP contribution >= 0.6 is 0 Å². The molecule has 0 fully saturated rings. The summed E-state index contributed by atoms with van der Waals surface area (Å²) in [5.41, 5.74) is 0.810. The van der Waals surface area contributed by atoms with Gasteiger partial charge in [-0.15, -0.1) is 0 Å². The summed E-state index contributed by atoms with van der Waals surface area (Å²) in [4.78, 5) is 20.3. The number of nitro benzene ring substituents is 1. The first-order chi connectivity index (χ1) is 7.00. The molecule has 0 amide bonds. The SMILES string of the molecule is CC(CC(=O)O)c1ccc([N+](=O)[O-])cc1. The summed E-state index contributed by atoms with van der Waals surface area (Å²) in [6.07, 6.45) is 0.0256. The molecule has 1 aromatic carbocycles. The second kappa shape index (κ2) is 4.54. The maximum Gasteiger partial charge on any atom is 0.303 e. The second-order valence-corrected chi connectivity index (χ2v) is 3.35. The van der Waals surface area contributed by atoms with Gasteiger partial charge in [0.25, 0.3) is 5.69 Å². The van der Waals surface area contributed by atoms with Gasteiger partial charge in [0.15, 0.2) is 0 Å². The number of carboxylic acids is 1. The van der Waals surface area contributed by atoms with Crippen LogP contribution in [-0.4, -0.2) is 16.0 Å². The van der Waals surface area contributed by atoms with Crippen molar-refractivity contribution in [1.82, 2.24) is 0 Å². The lowest BCUT2D eigenvalue weighted by atomic mass is 9.98. The Balaban J connectivity index is 2.79. The van der Waals surface area contributed by atoms with E-state index in [1.54, 1.807) is 19.1 Å². The molecule has 5 heteroatoms. The fourth-order valence-electron chi connectivity index (χ4n) is 1.30. The van der Waals surface area contributed by atoms with Crippen LogP contribution in [0.25, 0.3) is 0 Å². The normalized spacial score (nSPS) is 12.1. The first kappa shape index (κ1) is 11.2. The molecule has 0 saturated heterocycles. The van der Waals surface area contributed by atoms with Crippen molar-refractivity contribution in [1.29, 1.82) is 0 Å². The highest BCUT2D eigenvalue weighted by atomic mass is 16.6. The average molecular weight is 209 g/mol. The zero-order chi connectivity index (χ0) is 11.4. The first-order valence-electron chi connectivity index (χ1n) is 4.47. The Hall–Kier alpha value is -1.91. The maximum atomic E-state index is 10.4. The molecule has 1 rings (SSSR count). The van der Waals surface area contributed by atoms with Crippen LogP contribution < -0.4 is 0 Å². The third kappa shape index (κ3) is 3.05. The lowest BCUT2D eigenvalue weighted by molar-refractivity contribution is -0.384. The molecule has 1 atom stereocenters. The molecule has 1 N–H and O–H groups in total. The molecule has 0 bridgehead atoms. The van der Waals surface area contributed by atoms with E-state index in [-0.39, 0.29) is 18.0 Å². The number of nitro groups is 1. The predicted molar refractivity (Wildman–Crippen MR) is 53.8 cm³/mol. The summed E-state index contributed by atoms with van der Waals surface area (Å²) in [7, 11) is 0. The van der Waals surface area contributed by atoms with E-state index < -0.39 is 10.9 Å². The minimum atomic E-state index is -0.874. The topological polar surface area (TPSA) is 80.4 Å². The van der Waals surface area contributed by atoms with Gasteiger partial charge in [-0.3, -0.25) is 14.9 Å². The van der Waals surface area contributed by atoms with Gasteiger partial charge in [0.1, 0.15) is 0 Å². The van der Waals surface area contributed by atoms with Crippen molar-refractivity contribution in [2.45, 2.75) is 19.3 Å². The van der Waals surface area contributed by atoms with Crippen LogP contribution in [0.2, 0.25) is 0 Å². The van der Waals surface area contributed by atoms with E-state index >= 15 is 0 Å². The Bertz CT molecular complexity index is 372. The predicted octanol–water partition coefficient (Wildman–Crippen LogP) is 2.17. The van der Waals surface area contributed by atoms with E-state index in [1.165, 1.54) is 12.1 Å². The standard InChI is InChI=1S/C10H11NO4/c1-7(6-10(12)13)8-2-4-9(5-3-8)11(14)15/h2-5,7H,6H2,1H3,(H,12,13). The van der Waals surface area contributed by atoms with Crippen molar-refractivity contribution < 1.29 is 14.8 Å². The minimum Gasteiger partial charge on any atom is -0.481 e. The smallest absolute Gasteiger partial charge is 0.303 e. The van der Waals surface area contributed by atoms with Crippen molar-refractivity contribution in [3.8, 4) is 0 Å². The number of aliphatic carboxylic acids is 1. The molecular weight excluding hydrogens is 198 g/mol. The fourth-order valence-corrected chi connectivity index (χ4v) is 1.30. The Morgan fingerprint density at radius 3 is 2.40 bits per heavy atom. The third-order valence-corrected chi connectivity index (χ3v) is 2.15. The molecular formula is C10H11NO4. The van der Waals surface area contributed by atoms with Gasteiger partial charge in [0, 0.05) is 12.1 Å². The lowest BCUT2D eigenvalue weighted by Gasteiger charge is -2.07. The summed E-state index contributed by atoms with van der Waals surface area (Å²) >= 11 is 0. The number of nitrogens with zero attached hydrogens (tertiary/aromatic N) is 1. The quantitative estimate of drug-likeness (QED) is 0.608. The Morgan fingerprint density at radius 2 is 2.00 bits per heavy atom. The van der Waals surface area contributed by atoms with Crippen molar-refractivity contribution >= 4 is 11.7 Å². The molecule has 0 radical (unpaired) electrons. The van der Waals surface area contributed by atoms with Gasteiger partial charge < -0.3 is 5.11 Å². The average Bonchev–Trinajstić information content (AvgIpc) is 2.17. The van der Waals surface area contributed by atoms with Gasteiger partial charge in [-0.1, -0.05) is 19.1 Å². The van der Waals surface area contributed by atoms with Crippen LogP contribution in [0.5, 0.6) is 0 Å². The van der Waals surface area contributed by atoms with Crippen molar-refractivity contribution in [2.75, 3.05) is 0 Å². The zero-order valence-electron chi connectivity index (χ0n) is 8.21. The summed E-state index contributed by atoms with van der Waals surface area (Å²) in [5.74, 6) is -1.01. The van der Waals surface area contributed by atoms with Crippen LogP contribution in [0.15, 0.2) is 24.3 Å². The van der Waals surface area contributed by atoms with E-state index in [1.807, 2.05) is 0 Å². The van der Waals surface area contributed by atoms with Crippen LogP contribution in [-0.2, 0) is 4.79 Å². The van der Waals surface area contributed by atoms with Gasteiger partial charge in [0.2, 0.25) is 0 Å². The zero-order valence-corrected chi connectivity index (χ0v) is 8.21. The molecule has 80 valence electrons. The van der Waals surface area contributed by atoms with E-state index in [2.05, 4.69) is 0 Å². The minimum absolute atomic E-state index is 0.0151. The molecule has 0 aliphatic rings. The highest BCUT2D eigenvalue weighted by Crippen LogP contribution is 2.21. The van der Waals surface area contributed by atoms with Crippen molar-refractivity contribution in [2.24, 2.45) is 0 Å². The number of rotatable bonds is 4. The lowest BCUT2D eigenvalue weighted by Crippen LogP contribution is -2.02. The monoisotopic (exact) mass is 209 g/mol. The molecule has 0 aliphatic heterocycles. The van der Waals surface area contributed by atoms with E-state index in [9.17, 15) is 14.9 Å². The number of carbonyl (C=O) groups is 1. The molecule has 15 heavy (non-hydrogen) atoms. The number of hydrogen-bond acceptors (Lipinski definition) is 3. The summed E-state index contributed by atoms with van der Waals surface area (Å²) in [5, 5.41) is 19.0. The third-order valence-electron chi connectivity index (χ3n) is 2.15. The first-order valence-corrected chi connectivity index (χ1v) is 4.47. The van der Waals surface area contributed by atoms with Crippen LogP contribution in [0, 0.1) is 10.1 Å². The number of benzene rings is 1. The van der Waals surface area contributed by atoms with Crippen molar-refractivity contribution in [3.63, 3.8) is 0 Å². The summed E-state index contributed by atoms with van der Waals surface area (Å²) in [6.45, 7) is 1.77. The molecule has 0 spiro atoms. The van der Waals surface area contributed by atoms with Crippen molar-refractivity contribution in [3.05, 3.63) is 39.9 Å². The molecule has 0 saturated carbocycles. The van der Waals surface area contributed by atoms with Crippen LogP contribution in [0.1, 0.15) is 24.8 Å². The molecule has 5 nitrogen and oxygen atoms in total. The van der Waals surface area contributed by atoms with Gasteiger partial charge in [0.05, 0.1) is 11.3 Å². The maximum absolute atomic E-state index is 10.4. The highest BCUT2D eigenvalue weighted by molar-refractivity contribution is 5.68. The van der Waals surface area contributed by atoms with Gasteiger partial charge in [-0.25, -0.2) is 0 Å². The second-order valence-electron chi connectivity index (χ2n) is 3.35. The Kier molecular flexibility index (Phi) is 3.38. The molecule has 0 aromatic heterocycles. The Morgan fingerprint density at radius 1 is 1.47 bits per heavy atom. The van der Waals surface area contributed by atoms with Gasteiger partial charge >= 0.3 is 5.97 Å². The van der Waals surface area contributed by atoms with Crippen LogP contribution in [0.3, 0.4) is 0 Å². The largest absolute Gasteiger partial charge is 0.481 e. The molecule has 0 heterocycles. The summed E-state index contributed by atoms with van der Waals surface area (Å²) in [6, 6.07) is 5.94. The Labute approximate surface area is 86.5 Å². The van der Waals surface area contributed by atoms with Crippen LogP contribution in [0.4, 0.5) is 5.69 Å². The number of non-ortho nitro benzene ring substituents is 1. The fraction of sp³-hybridized carbons (Fsp3) is 0.300. The highest BCUT2D eigenvalue weighted by Gasteiger charge is 2.11. The van der Waals surface area contributed by atoms with Gasteiger partial charge in [-0.05, 0) is 11.5 Å². The van der Waals surface area contributed by atoms with Gasteiger partial charge in [-0.2, -0.15) is 0 Å². The van der Waals surface area contributed by atoms with E-state index in [0.717, 1.165) is 5.56 Å². The van der Waals surface area contributed by atoms with E-state index in [0.29, 0.717) is 0 Å². The molecule has 1 aromatic rings. The van der Waals surface area contributed by atoms with E-state index in [4.69, 9.17) is 5.11 Å².